The van der Waals surface area contributed by atoms with E-state index in [0.717, 1.165) is 23.1 Å². The van der Waals surface area contributed by atoms with E-state index in [2.05, 4.69) is 23.4 Å². The number of hydrogen-bond acceptors (Lipinski definition) is 2. The number of rotatable bonds is 3. The third kappa shape index (κ3) is 1.88. The molecule has 0 aliphatic heterocycles. The number of hydrogen-bond donors (Lipinski definition) is 1. The zero-order valence-corrected chi connectivity index (χ0v) is 9.14. The largest absolute Gasteiger partial charge is 0.392 e. The van der Waals surface area contributed by atoms with Crippen molar-refractivity contribution in [3.8, 4) is 0 Å². The van der Waals surface area contributed by atoms with Crippen LogP contribution in [-0.4, -0.2) is 14.7 Å². The van der Waals surface area contributed by atoms with Gasteiger partial charge in [0.2, 0.25) is 0 Å². The monoisotopic (exact) mass is 204 g/mol. The summed E-state index contributed by atoms with van der Waals surface area (Å²) in [5, 5.41) is 10.2. The first kappa shape index (κ1) is 10.2. The van der Waals surface area contributed by atoms with Crippen LogP contribution in [0.3, 0.4) is 0 Å². The molecule has 15 heavy (non-hydrogen) atoms. The Morgan fingerprint density at radius 3 is 2.87 bits per heavy atom. The van der Waals surface area contributed by atoms with Gasteiger partial charge in [-0.15, -0.1) is 0 Å². The molecule has 0 aliphatic rings. The molecule has 1 N–H and O–H groups in total. The van der Waals surface area contributed by atoms with Gasteiger partial charge < -0.3 is 9.67 Å². The number of nitrogens with zero attached hydrogens (tertiary/aromatic N) is 2. The highest BCUT2D eigenvalue weighted by atomic mass is 16.3. The van der Waals surface area contributed by atoms with Gasteiger partial charge in [-0.2, -0.15) is 0 Å². The first-order chi connectivity index (χ1) is 7.22. The Kier molecular flexibility index (Phi) is 2.73. The quantitative estimate of drug-likeness (QED) is 0.832. The van der Waals surface area contributed by atoms with Crippen LogP contribution in [0.1, 0.15) is 19.4 Å². The summed E-state index contributed by atoms with van der Waals surface area (Å²) in [6.07, 6.45) is 3.79. The van der Waals surface area contributed by atoms with E-state index in [4.69, 9.17) is 0 Å². The molecule has 0 saturated carbocycles. The minimum absolute atomic E-state index is 0.0741. The smallest absolute Gasteiger partial charge is 0.140 e. The average molecular weight is 204 g/mol. The molecule has 0 spiro atoms. The Bertz CT molecular complexity index is 460. The molecule has 3 heteroatoms. The topological polar surface area (TPSA) is 38.0 Å². The Morgan fingerprint density at radius 2 is 2.20 bits per heavy atom. The molecule has 2 aromatic heterocycles. The van der Waals surface area contributed by atoms with E-state index in [0.29, 0.717) is 5.92 Å². The van der Waals surface area contributed by atoms with Crippen molar-refractivity contribution in [2.24, 2.45) is 5.92 Å². The third-order valence-corrected chi connectivity index (χ3v) is 2.48. The van der Waals surface area contributed by atoms with E-state index in [1.807, 2.05) is 18.3 Å². The molecule has 0 saturated heterocycles. The highest BCUT2D eigenvalue weighted by molar-refractivity contribution is 5.79. The summed E-state index contributed by atoms with van der Waals surface area (Å²) < 4.78 is 2.14. The molecule has 0 aromatic carbocycles. The van der Waals surface area contributed by atoms with Crippen LogP contribution < -0.4 is 0 Å². The first-order valence-corrected chi connectivity index (χ1v) is 5.26. The molecule has 2 heterocycles. The van der Waals surface area contributed by atoms with Gasteiger partial charge in [0.1, 0.15) is 5.65 Å². The number of pyridine rings is 1. The average Bonchev–Trinajstić information content (AvgIpc) is 2.61. The van der Waals surface area contributed by atoms with Crippen molar-refractivity contribution in [3.63, 3.8) is 0 Å². The van der Waals surface area contributed by atoms with E-state index in [-0.39, 0.29) is 6.61 Å². The molecule has 0 fully saturated rings. The normalized spacial score (nSPS) is 11.5. The molecular weight excluding hydrogens is 188 g/mol. The van der Waals surface area contributed by atoms with Gasteiger partial charge in [0.05, 0.1) is 6.61 Å². The van der Waals surface area contributed by atoms with Crippen LogP contribution >= 0.6 is 0 Å². The van der Waals surface area contributed by atoms with E-state index >= 15 is 0 Å². The van der Waals surface area contributed by atoms with Crippen LogP contribution in [0.5, 0.6) is 0 Å². The Labute approximate surface area is 89.4 Å². The van der Waals surface area contributed by atoms with Gasteiger partial charge >= 0.3 is 0 Å². The summed E-state index contributed by atoms with van der Waals surface area (Å²) in [5.41, 5.74) is 1.91. The lowest BCUT2D eigenvalue weighted by atomic mass is 10.2. The summed E-state index contributed by atoms with van der Waals surface area (Å²) in [6, 6.07) is 3.89. The van der Waals surface area contributed by atoms with Crippen LogP contribution in [-0.2, 0) is 13.2 Å². The molecule has 0 radical (unpaired) electrons. The Morgan fingerprint density at radius 1 is 1.40 bits per heavy atom. The first-order valence-electron chi connectivity index (χ1n) is 5.26. The lowest BCUT2D eigenvalue weighted by molar-refractivity contribution is 0.283. The van der Waals surface area contributed by atoms with Gasteiger partial charge in [-0.05, 0) is 23.6 Å². The molecule has 0 bridgehead atoms. The zero-order chi connectivity index (χ0) is 10.8. The molecule has 0 amide bonds. The Balaban J connectivity index is 2.51. The molecule has 2 rings (SSSR count). The van der Waals surface area contributed by atoms with Gasteiger partial charge in [-0.25, -0.2) is 4.98 Å². The maximum atomic E-state index is 9.19. The zero-order valence-electron chi connectivity index (χ0n) is 9.14. The van der Waals surface area contributed by atoms with E-state index in [1.165, 1.54) is 0 Å². The minimum atomic E-state index is 0.0741. The van der Waals surface area contributed by atoms with E-state index in [9.17, 15) is 5.11 Å². The van der Waals surface area contributed by atoms with Crippen molar-refractivity contribution in [3.05, 3.63) is 30.1 Å². The van der Waals surface area contributed by atoms with Crippen LogP contribution in [0.25, 0.3) is 11.0 Å². The molecule has 0 atom stereocenters. The van der Waals surface area contributed by atoms with Crippen molar-refractivity contribution in [1.29, 1.82) is 0 Å². The van der Waals surface area contributed by atoms with Crippen molar-refractivity contribution >= 4 is 11.0 Å². The maximum absolute atomic E-state index is 9.19. The summed E-state index contributed by atoms with van der Waals surface area (Å²) in [7, 11) is 0. The fraction of sp³-hybridized carbons (Fsp3) is 0.417. The van der Waals surface area contributed by atoms with Crippen LogP contribution in [0.2, 0.25) is 0 Å². The summed E-state index contributed by atoms with van der Waals surface area (Å²) in [4.78, 5) is 4.35. The molecule has 3 nitrogen and oxygen atoms in total. The molecule has 80 valence electrons. The van der Waals surface area contributed by atoms with Crippen molar-refractivity contribution in [2.45, 2.75) is 27.0 Å². The SMILES string of the molecule is CC(C)Cn1ccc2c(CO)ccnc21. The Hall–Kier alpha value is -1.35. The fourth-order valence-electron chi connectivity index (χ4n) is 1.82. The van der Waals surface area contributed by atoms with Gasteiger partial charge in [0, 0.05) is 24.3 Å². The number of aliphatic hydroxyl groups is 1. The number of fused-ring (bicyclic) bond motifs is 1. The molecule has 0 unspecified atom stereocenters. The van der Waals surface area contributed by atoms with Gasteiger partial charge in [0.25, 0.3) is 0 Å². The van der Waals surface area contributed by atoms with E-state index < -0.39 is 0 Å². The third-order valence-electron chi connectivity index (χ3n) is 2.48. The van der Waals surface area contributed by atoms with Crippen LogP contribution in [0, 0.1) is 5.92 Å². The second-order valence-electron chi connectivity index (χ2n) is 4.23. The molecule has 2 aromatic rings. The summed E-state index contributed by atoms with van der Waals surface area (Å²) >= 11 is 0. The highest BCUT2D eigenvalue weighted by Gasteiger charge is 2.06. The molecule has 0 aliphatic carbocycles. The predicted molar refractivity (Wildman–Crippen MR) is 60.5 cm³/mol. The lowest BCUT2D eigenvalue weighted by Gasteiger charge is -2.07. The maximum Gasteiger partial charge on any atom is 0.140 e. The summed E-state index contributed by atoms with van der Waals surface area (Å²) in [5.74, 6) is 0.597. The second-order valence-corrected chi connectivity index (χ2v) is 4.23. The van der Waals surface area contributed by atoms with Gasteiger partial charge in [-0.1, -0.05) is 13.8 Å². The number of aliphatic hydroxyl groups excluding tert-OH is 1. The van der Waals surface area contributed by atoms with Crippen molar-refractivity contribution in [1.82, 2.24) is 9.55 Å². The minimum Gasteiger partial charge on any atom is -0.392 e. The fourth-order valence-corrected chi connectivity index (χ4v) is 1.82. The highest BCUT2D eigenvalue weighted by Crippen LogP contribution is 2.18. The van der Waals surface area contributed by atoms with Crippen molar-refractivity contribution in [2.75, 3.05) is 0 Å². The second kappa shape index (κ2) is 4.03. The van der Waals surface area contributed by atoms with Crippen LogP contribution in [0.15, 0.2) is 24.5 Å². The number of aromatic nitrogens is 2. The van der Waals surface area contributed by atoms with Crippen molar-refractivity contribution < 1.29 is 5.11 Å². The van der Waals surface area contributed by atoms with E-state index in [1.54, 1.807) is 6.20 Å². The van der Waals surface area contributed by atoms with Gasteiger partial charge in [-0.3, -0.25) is 0 Å². The van der Waals surface area contributed by atoms with Crippen LogP contribution in [0.4, 0.5) is 0 Å². The predicted octanol–water partition coefficient (Wildman–Crippen LogP) is 2.18. The molecular formula is C12H16N2O. The standard InChI is InChI=1S/C12H16N2O/c1-9(2)7-14-6-4-11-10(8-15)3-5-13-12(11)14/h3-6,9,15H,7-8H2,1-2H3. The summed E-state index contributed by atoms with van der Waals surface area (Å²) in [6.45, 7) is 5.40. The van der Waals surface area contributed by atoms with Gasteiger partial charge in [0.15, 0.2) is 0 Å². The lowest BCUT2D eigenvalue weighted by Crippen LogP contribution is -2.03.